The SMILES string of the molecule is Cc1ncc(Cc2ccc(-c3ccccc3C#N)cc2)c2n[nH]c(=O)n12. The standard InChI is InChI=1S/C20H15N5O/c1-13-22-12-17(19-23-24-20(26)25(13)19)10-14-6-8-15(9-7-14)18-5-3-2-4-16(18)11-21/h2-9,12H,10H2,1H3,(H,24,26). The summed E-state index contributed by atoms with van der Waals surface area (Å²) in [5.74, 6) is 0.603. The van der Waals surface area contributed by atoms with Gasteiger partial charge in [0.15, 0.2) is 5.65 Å². The van der Waals surface area contributed by atoms with Crippen molar-refractivity contribution in [3.8, 4) is 17.2 Å². The molecule has 0 saturated carbocycles. The molecule has 0 fully saturated rings. The average Bonchev–Trinajstić information content (AvgIpc) is 3.07. The summed E-state index contributed by atoms with van der Waals surface area (Å²) in [5.41, 5.74) is 4.83. The molecule has 4 aromatic rings. The van der Waals surface area contributed by atoms with E-state index in [1.54, 1.807) is 13.1 Å². The van der Waals surface area contributed by atoms with E-state index >= 15 is 0 Å². The van der Waals surface area contributed by atoms with Crippen LogP contribution in [0.15, 0.2) is 59.5 Å². The number of hydrogen-bond acceptors (Lipinski definition) is 4. The summed E-state index contributed by atoms with van der Waals surface area (Å²) in [6, 6.07) is 17.8. The minimum absolute atomic E-state index is 0.282. The number of benzene rings is 2. The summed E-state index contributed by atoms with van der Waals surface area (Å²) in [5, 5.41) is 15.8. The Hall–Kier alpha value is -3.72. The third kappa shape index (κ3) is 2.66. The molecule has 0 aliphatic carbocycles. The Balaban J connectivity index is 1.68. The normalized spacial score (nSPS) is 10.8. The van der Waals surface area contributed by atoms with Crippen molar-refractivity contribution in [2.75, 3.05) is 0 Å². The molecule has 4 rings (SSSR count). The van der Waals surface area contributed by atoms with Crippen molar-refractivity contribution in [1.82, 2.24) is 19.6 Å². The van der Waals surface area contributed by atoms with Gasteiger partial charge in [-0.3, -0.25) is 0 Å². The van der Waals surface area contributed by atoms with Gasteiger partial charge < -0.3 is 0 Å². The highest BCUT2D eigenvalue weighted by Gasteiger charge is 2.10. The molecule has 0 radical (unpaired) electrons. The van der Waals surface area contributed by atoms with Gasteiger partial charge in [0.05, 0.1) is 11.6 Å². The van der Waals surface area contributed by atoms with E-state index in [0.29, 0.717) is 23.5 Å². The molecule has 0 unspecified atom stereocenters. The zero-order chi connectivity index (χ0) is 18.1. The van der Waals surface area contributed by atoms with Crippen LogP contribution < -0.4 is 5.69 Å². The molecule has 0 aliphatic rings. The molecule has 126 valence electrons. The molecule has 0 saturated heterocycles. The fraction of sp³-hybridized carbons (Fsp3) is 0.100. The van der Waals surface area contributed by atoms with Gasteiger partial charge in [-0.25, -0.2) is 19.3 Å². The molecule has 0 atom stereocenters. The maximum Gasteiger partial charge on any atom is 0.349 e. The predicted octanol–water partition coefficient (Wildman–Crippen LogP) is 2.86. The van der Waals surface area contributed by atoms with Crippen LogP contribution >= 0.6 is 0 Å². The maximum atomic E-state index is 11.8. The van der Waals surface area contributed by atoms with Crippen molar-refractivity contribution >= 4 is 5.65 Å². The lowest BCUT2D eigenvalue weighted by Crippen LogP contribution is -2.13. The molecular formula is C20H15N5O. The van der Waals surface area contributed by atoms with Crippen molar-refractivity contribution in [3.63, 3.8) is 0 Å². The van der Waals surface area contributed by atoms with Crippen molar-refractivity contribution < 1.29 is 0 Å². The molecule has 1 N–H and O–H groups in total. The maximum absolute atomic E-state index is 11.8. The Morgan fingerprint density at radius 3 is 2.69 bits per heavy atom. The molecule has 2 aromatic carbocycles. The molecule has 0 amide bonds. The molecule has 0 spiro atoms. The summed E-state index contributed by atoms with van der Waals surface area (Å²) >= 11 is 0. The monoisotopic (exact) mass is 341 g/mol. The van der Waals surface area contributed by atoms with E-state index in [4.69, 9.17) is 0 Å². The third-order valence-electron chi connectivity index (χ3n) is 4.40. The second-order valence-corrected chi connectivity index (χ2v) is 6.05. The van der Waals surface area contributed by atoms with Gasteiger partial charge in [0.1, 0.15) is 5.82 Å². The lowest BCUT2D eigenvalue weighted by molar-refractivity contribution is 0.922. The van der Waals surface area contributed by atoms with Gasteiger partial charge in [0, 0.05) is 18.2 Å². The molecule has 2 aromatic heterocycles. The van der Waals surface area contributed by atoms with E-state index in [9.17, 15) is 10.1 Å². The molecular weight excluding hydrogens is 326 g/mol. The fourth-order valence-corrected chi connectivity index (χ4v) is 3.08. The van der Waals surface area contributed by atoms with Gasteiger partial charge in [-0.1, -0.05) is 42.5 Å². The summed E-state index contributed by atoms with van der Waals surface area (Å²) < 4.78 is 1.48. The summed E-state index contributed by atoms with van der Waals surface area (Å²) in [4.78, 5) is 16.1. The van der Waals surface area contributed by atoms with E-state index in [1.807, 2.05) is 48.5 Å². The second kappa shape index (κ2) is 6.30. The van der Waals surface area contributed by atoms with Gasteiger partial charge in [-0.05, 0) is 29.7 Å². The number of aromatic nitrogens is 4. The van der Waals surface area contributed by atoms with Crippen molar-refractivity contribution in [1.29, 1.82) is 5.26 Å². The van der Waals surface area contributed by atoms with Crippen LogP contribution in [0.1, 0.15) is 22.5 Å². The first-order valence-corrected chi connectivity index (χ1v) is 8.17. The topological polar surface area (TPSA) is 86.8 Å². The summed E-state index contributed by atoms with van der Waals surface area (Å²) in [7, 11) is 0. The van der Waals surface area contributed by atoms with Crippen LogP contribution in [0.25, 0.3) is 16.8 Å². The van der Waals surface area contributed by atoms with Crippen molar-refractivity contribution in [2.24, 2.45) is 0 Å². The molecule has 2 heterocycles. The van der Waals surface area contributed by atoms with Crippen LogP contribution in [0.4, 0.5) is 0 Å². The Kier molecular flexibility index (Phi) is 3.82. The average molecular weight is 341 g/mol. The van der Waals surface area contributed by atoms with Crippen LogP contribution in [0.2, 0.25) is 0 Å². The van der Waals surface area contributed by atoms with Gasteiger partial charge >= 0.3 is 5.69 Å². The van der Waals surface area contributed by atoms with E-state index in [2.05, 4.69) is 21.3 Å². The number of rotatable bonds is 3. The Morgan fingerprint density at radius 2 is 1.92 bits per heavy atom. The first-order chi connectivity index (χ1) is 12.7. The van der Waals surface area contributed by atoms with Crippen LogP contribution in [-0.4, -0.2) is 19.6 Å². The number of nitrogens with zero attached hydrogens (tertiary/aromatic N) is 4. The van der Waals surface area contributed by atoms with E-state index in [0.717, 1.165) is 22.3 Å². The van der Waals surface area contributed by atoms with Crippen LogP contribution in [0.5, 0.6) is 0 Å². The molecule has 6 heteroatoms. The molecule has 0 bridgehead atoms. The number of hydrogen-bond donors (Lipinski definition) is 1. The van der Waals surface area contributed by atoms with Gasteiger partial charge in [0.25, 0.3) is 0 Å². The van der Waals surface area contributed by atoms with Gasteiger partial charge in [-0.15, -0.1) is 0 Å². The predicted molar refractivity (Wildman–Crippen MR) is 97.7 cm³/mol. The van der Waals surface area contributed by atoms with Gasteiger partial charge in [0.2, 0.25) is 0 Å². The Morgan fingerprint density at radius 1 is 1.15 bits per heavy atom. The Labute approximate surface area is 149 Å². The number of aryl methyl sites for hydroxylation is 1. The zero-order valence-corrected chi connectivity index (χ0v) is 14.1. The highest BCUT2D eigenvalue weighted by Crippen LogP contribution is 2.24. The van der Waals surface area contributed by atoms with Crippen molar-refractivity contribution in [3.05, 3.63) is 87.7 Å². The third-order valence-corrected chi connectivity index (χ3v) is 4.40. The van der Waals surface area contributed by atoms with E-state index in [-0.39, 0.29) is 5.69 Å². The van der Waals surface area contributed by atoms with Crippen LogP contribution in [-0.2, 0) is 6.42 Å². The van der Waals surface area contributed by atoms with Crippen LogP contribution in [0.3, 0.4) is 0 Å². The summed E-state index contributed by atoms with van der Waals surface area (Å²) in [6.45, 7) is 1.77. The molecule has 0 aliphatic heterocycles. The highest BCUT2D eigenvalue weighted by atomic mass is 16.1. The van der Waals surface area contributed by atoms with Crippen molar-refractivity contribution in [2.45, 2.75) is 13.3 Å². The highest BCUT2D eigenvalue weighted by molar-refractivity contribution is 5.70. The molecule has 26 heavy (non-hydrogen) atoms. The number of nitrogens with one attached hydrogen (secondary N) is 1. The minimum Gasteiger partial charge on any atom is -0.246 e. The van der Waals surface area contributed by atoms with Gasteiger partial charge in [-0.2, -0.15) is 10.4 Å². The smallest absolute Gasteiger partial charge is 0.246 e. The number of fused-ring (bicyclic) bond motifs is 1. The number of H-pyrrole nitrogens is 1. The lowest BCUT2D eigenvalue weighted by atomic mass is 9.98. The lowest BCUT2D eigenvalue weighted by Gasteiger charge is -2.07. The van der Waals surface area contributed by atoms with E-state index < -0.39 is 0 Å². The molecule has 6 nitrogen and oxygen atoms in total. The first-order valence-electron chi connectivity index (χ1n) is 8.17. The number of nitriles is 1. The minimum atomic E-state index is -0.282. The van der Waals surface area contributed by atoms with E-state index in [1.165, 1.54) is 4.40 Å². The largest absolute Gasteiger partial charge is 0.349 e. The fourth-order valence-electron chi connectivity index (χ4n) is 3.08. The zero-order valence-electron chi connectivity index (χ0n) is 14.1. The summed E-state index contributed by atoms with van der Waals surface area (Å²) in [6.07, 6.45) is 2.37. The second-order valence-electron chi connectivity index (χ2n) is 6.05. The first kappa shape index (κ1) is 15.8. The quantitative estimate of drug-likeness (QED) is 0.621. The van der Waals surface area contributed by atoms with Crippen LogP contribution in [0, 0.1) is 18.3 Å². The number of aromatic amines is 1. The Bertz CT molecular complexity index is 1200.